The van der Waals surface area contributed by atoms with Crippen LogP contribution in [0, 0.1) is 0 Å². The minimum Gasteiger partial charge on any atom is -0.496 e. The molecule has 0 unspecified atom stereocenters. The van der Waals surface area contributed by atoms with Crippen LogP contribution in [0.25, 0.3) is 0 Å². The van der Waals surface area contributed by atoms with Gasteiger partial charge >= 0.3 is 0 Å². The third-order valence-corrected chi connectivity index (χ3v) is 4.34. The van der Waals surface area contributed by atoms with E-state index < -0.39 is 0 Å². The summed E-state index contributed by atoms with van der Waals surface area (Å²) in [6.07, 6.45) is 2.16. The third kappa shape index (κ3) is 3.95. The number of para-hydroxylation sites is 1. The van der Waals surface area contributed by atoms with Crippen LogP contribution in [0.4, 0.5) is 0 Å². The van der Waals surface area contributed by atoms with Crippen LogP contribution in [0.5, 0.6) is 5.75 Å². The summed E-state index contributed by atoms with van der Waals surface area (Å²) in [4.78, 5) is 12.7. The number of ether oxygens (including phenoxy) is 1. The van der Waals surface area contributed by atoms with Crippen molar-refractivity contribution < 1.29 is 9.53 Å². The summed E-state index contributed by atoms with van der Waals surface area (Å²) in [5.74, 6) is 0.859. The van der Waals surface area contributed by atoms with E-state index in [0.29, 0.717) is 6.04 Å². The zero-order valence-electron chi connectivity index (χ0n) is 14.2. The van der Waals surface area contributed by atoms with E-state index >= 15 is 0 Å². The van der Waals surface area contributed by atoms with Crippen molar-refractivity contribution in [1.29, 1.82) is 0 Å². The van der Waals surface area contributed by atoms with Crippen molar-refractivity contribution in [2.24, 2.45) is 0 Å². The van der Waals surface area contributed by atoms with Gasteiger partial charge in [-0.2, -0.15) is 0 Å². The van der Waals surface area contributed by atoms with Gasteiger partial charge in [0.15, 0.2) is 0 Å². The lowest BCUT2D eigenvalue weighted by molar-refractivity contribution is -0.123. The highest BCUT2D eigenvalue weighted by molar-refractivity contribution is 5.83. The van der Waals surface area contributed by atoms with E-state index in [1.165, 1.54) is 0 Å². The molecule has 4 heteroatoms. The normalized spacial score (nSPS) is 16.2. The zero-order chi connectivity index (χ0) is 16.9. The van der Waals surface area contributed by atoms with Crippen molar-refractivity contribution in [3.63, 3.8) is 0 Å². The van der Waals surface area contributed by atoms with E-state index in [4.69, 9.17) is 4.74 Å². The maximum atomic E-state index is 12.7. The van der Waals surface area contributed by atoms with Crippen molar-refractivity contribution >= 4 is 5.91 Å². The molecule has 1 aliphatic rings. The van der Waals surface area contributed by atoms with E-state index in [1.807, 2.05) is 54.6 Å². The predicted octanol–water partition coefficient (Wildman–Crippen LogP) is 3.37. The van der Waals surface area contributed by atoms with Crippen molar-refractivity contribution in [3.8, 4) is 5.75 Å². The standard InChI is InChI=1S/C20H24N2O2/c1-14(17-10-6-7-11-18(17)24-2)21-19(15-8-4-3-5-9-15)20(23)22-16-12-13-16/h3-11,14,16,19,21H,12-13H2,1-2H3,(H,22,23)/t14-,19+/m0/s1. The quantitative estimate of drug-likeness (QED) is 0.821. The number of amides is 1. The number of nitrogens with one attached hydrogen (secondary N) is 2. The molecule has 2 atom stereocenters. The van der Waals surface area contributed by atoms with E-state index in [2.05, 4.69) is 17.6 Å². The van der Waals surface area contributed by atoms with Crippen LogP contribution < -0.4 is 15.4 Å². The van der Waals surface area contributed by atoms with Crippen LogP contribution in [0.1, 0.15) is 43.0 Å². The topological polar surface area (TPSA) is 50.4 Å². The maximum absolute atomic E-state index is 12.7. The van der Waals surface area contributed by atoms with Gasteiger partial charge in [0.1, 0.15) is 11.8 Å². The van der Waals surface area contributed by atoms with Gasteiger partial charge in [0, 0.05) is 17.6 Å². The number of carbonyl (C=O) groups is 1. The highest BCUT2D eigenvalue weighted by Gasteiger charge is 2.29. The second-order valence-electron chi connectivity index (χ2n) is 6.26. The van der Waals surface area contributed by atoms with Crippen molar-refractivity contribution in [2.75, 3.05) is 7.11 Å². The van der Waals surface area contributed by atoms with Gasteiger partial charge in [-0.25, -0.2) is 0 Å². The molecule has 0 aliphatic heterocycles. The average Bonchev–Trinajstić information content (AvgIpc) is 3.44. The first kappa shape index (κ1) is 16.5. The van der Waals surface area contributed by atoms with Crippen molar-refractivity contribution in [2.45, 2.75) is 37.9 Å². The fraction of sp³-hybridized carbons (Fsp3) is 0.350. The molecule has 0 radical (unpaired) electrons. The predicted molar refractivity (Wildman–Crippen MR) is 94.9 cm³/mol. The lowest BCUT2D eigenvalue weighted by Gasteiger charge is -2.24. The lowest BCUT2D eigenvalue weighted by Crippen LogP contribution is -2.39. The molecular formula is C20H24N2O2. The summed E-state index contributed by atoms with van der Waals surface area (Å²) < 4.78 is 5.45. The van der Waals surface area contributed by atoms with Gasteiger partial charge in [0.2, 0.25) is 5.91 Å². The SMILES string of the molecule is COc1ccccc1[C@H](C)N[C@@H](C(=O)NC1CC1)c1ccccc1. The lowest BCUT2D eigenvalue weighted by atomic mass is 10.0. The highest BCUT2D eigenvalue weighted by Crippen LogP contribution is 2.28. The highest BCUT2D eigenvalue weighted by atomic mass is 16.5. The minimum atomic E-state index is -0.383. The molecule has 4 nitrogen and oxygen atoms in total. The Balaban J connectivity index is 1.81. The van der Waals surface area contributed by atoms with Gasteiger partial charge in [-0.05, 0) is 31.4 Å². The first-order chi connectivity index (χ1) is 11.7. The summed E-state index contributed by atoms with van der Waals surface area (Å²) >= 11 is 0. The van der Waals surface area contributed by atoms with E-state index in [1.54, 1.807) is 7.11 Å². The molecule has 1 fully saturated rings. The molecule has 0 heterocycles. The first-order valence-corrected chi connectivity index (χ1v) is 8.43. The molecule has 0 aromatic heterocycles. The van der Waals surface area contributed by atoms with E-state index in [9.17, 15) is 4.79 Å². The van der Waals surface area contributed by atoms with E-state index in [-0.39, 0.29) is 18.0 Å². The molecular weight excluding hydrogens is 300 g/mol. The second-order valence-corrected chi connectivity index (χ2v) is 6.26. The first-order valence-electron chi connectivity index (χ1n) is 8.43. The Bertz CT molecular complexity index is 683. The molecule has 0 spiro atoms. The van der Waals surface area contributed by atoms with Gasteiger partial charge in [-0.3, -0.25) is 10.1 Å². The number of carbonyl (C=O) groups excluding carboxylic acids is 1. The largest absolute Gasteiger partial charge is 0.496 e. The molecule has 0 saturated heterocycles. The summed E-state index contributed by atoms with van der Waals surface area (Å²) in [7, 11) is 1.67. The number of methoxy groups -OCH3 is 1. The van der Waals surface area contributed by atoms with Gasteiger partial charge in [-0.15, -0.1) is 0 Å². The fourth-order valence-electron chi connectivity index (χ4n) is 2.84. The molecule has 1 saturated carbocycles. The molecule has 0 bridgehead atoms. The number of benzene rings is 2. The molecule has 1 aliphatic carbocycles. The number of hydrogen-bond donors (Lipinski definition) is 2. The Kier molecular flexibility index (Phi) is 5.16. The summed E-state index contributed by atoms with van der Waals surface area (Å²) in [6, 6.07) is 17.7. The summed E-state index contributed by atoms with van der Waals surface area (Å²) in [5, 5.41) is 6.57. The van der Waals surface area contributed by atoms with Gasteiger partial charge in [0.25, 0.3) is 0 Å². The molecule has 3 rings (SSSR count). The summed E-state index contributed by atoms with van der Waals surface area (Å²) in [6.45, 7) is 2.05. The van der Waals surface area contributed by atoms with Gasteiger partial charge < -0.3 is 10.1 Å². The molecule has 1 amide bonds. The van der Waals surface area contributed by atoms with Gasteiger partial charge in [0.05, 0.1) is 7.11 Å². The zero-order valence-corrected chi connectivity index (χ0v) is 14.2. The third-order valence-electron chi connectivity index (χ3n) is 4.34. The Morgan fingerprint density at radius 1 is 1.08 bits per heavy atom. The van der Waals surface area contributed by atoms with Crippen LogP contribution in [0.2, 0.25) is 0 Å². The number of hydrogen-bond acceptors (Lipinski definition) is 3. The molecule has 2 aromatic carbocycles. The minimum absolute atomic E-state index is 0.0173. The van der Waals surface area contributed by atoms with Crippen molar-refractivity contribution in [3.05, 3.63) is 65.7 Å². The molecule has 2 aromatic rings. The van der Waals surface area contributed by atoms with Crippen LogP contribution in [0.3, 0.4) is 0 Å². The monoisotopic (exact) mass is 324 g/mol. The average molecular weight is 324 g/mol. The Morgan fingerprint density at radius 3 is 2.42 bits per heavy atom. The van der Waals surface area contributed by atoms with Gasteiger partial charge in [-0.1, -0.05) is 48.5 Å². The van der Waals surface area contributed by atoms with E-state index in [0.717, 1.165) is 29.7 Å². The smallest absolute Gasteiger partial charge is 0.241 e. The molecule has 2 N–H and O–H groups in total. The Labute approximate surface area is 143 Å². The Morgan fingerprint density at radius 2 is 1.75 bits per heavy atom. The fourth-order valence-corrected chi connectivity index (χ4v) is 2.84. The molecule has 24 heavy (non-hydrogen) atoms. The molecule has 126 valence electrons. The van der Waals surface area contributed by atoms with Crippen molar-refractivity contribution in [1.82, 2.24) is 10.6 Å². The maximum Gasteiger partial charge on any atom is 0.241 e. The van der Waals surface area contributed by atoms with Crippen LogP contribution >= 0.6 is 0 Å². The second kappa shape index (κ2) is 7.49. The van der Waals surface area contributed by atoms with Crippen LogP contribution in [0.15, 0.2) is 54.6 Å². The van der Waals surface area contributed by atoms with Crippen LogP contribution in [-0.4, -0.2) is 19.1 Å². The number of rotatable bonds is 7. The van der Waals surface area contributed by atoms with Crippen LogP contribution in [-0.2, 0) is 4.79 Å². The summed E-state index contributed by atoms with van der Waals surface area (Å²) in [5.41, 5.74) is 2.01. The Hall–Kier alpha value is -2.33.